The molecule has 0 spiro atoms. The topological polar surface area (TPSA) is 64.4 Å². The highest BCUT2D eigenvalue weighted by molar-refractivity contribution is 6.31. The second kappa shape index (κ2) is 6.63. The van der Waals surface area contributed by atoms with Gasteiger partial charge in [-0.05, 0) is 44.0 Å². The first-order chi connectivity index (χ1) is 9.99. The van der Waals surface area contributed by atoms with Crippen LogP contribution in [-0.2, 0) is 4.79 Å². The first-order valence-corrected chi connectivity index (χ1v) is 7.04. The van der Waals surface area contributed by atoms with E-state index >= 15 is 0 Å². The SMILES string of the molecule is CCC(Oc1ccc(Cl)c(C)c1)C(=O)Nc1cc(C)on1. The molecule has 1 amide bonds. The number of amides is 1. The minimum Gasteiger partial charge on any atom is -0.481 e. The van der Waals surface area contributed by atoms with Gasteiger partial charge in [-0.15, -0.1) is 0 Å². The number of hydrogen-bond acceptors (Lipinski definition) is 4. The number of rotatable bonds is 5. The number of hydrogen-bond donors (Lipinski definition) is 1. The van der Waals surface area contributed by atoms with E-state index in [1.807, 2.05) is 13.8 Å². The van der Waals surface area contributed by atoms with E-state index in [0.717, 1.165) is 5.56 Å². The molecule has 112 valence electrons. The second-order valence-corrected chi connectivity index (χ2v) is 5.14. The predicted octanol–water partition coefficient (Wildman–Crippen LogP) is 3.74. The highest BCUT2D eigenvalue weighted by Gasteiger charge is 2.20. The van der Waals surface area contributed by atoms with Gasteiger partial charge < -0.3 is 14.6 Å². The van der Waals surface area contributed by atoms with E-state index in [0.29, 0.717) is 28.8 Å². The van der Waals surface area contributed by atoms with E-state index in [9.17, 15) is 4.79 Å². The van der Waals surface area contributed by atoms with E-state index in [2.05, 4.69) is 10.5 Å². The van der Waals surface area contributed by atoms with Crippen molar-refractivity contribution in [2.45, 2.75) is 33.3 Å². The zero-order chi connectivity index (χ0) is 15.4. The molecule has 0 aliphatic heterocycles. The number of benzene rings is 1. The van der Waals surface area contributed by atoms with Crippen LogP contribution >= 0.6 is 11.6 Å². The number of carbonyl (C=O) groups is 1. The van der Waals surface area contributed by atoms with E-state index in [4.69, 9.17) is 20.9 Å². The molecule has 2 rings (SSSR count). The average Bonchev–Trinajstić information content (AvgIpc) is 2.85. The summed E-state index contributed by atoms with van der Waals surface area (Å²) < 4.78 is 10.6. The molecule has 6 heteroatoms. The maximum atomic E-state index is 12.2. The molecule has 2 aromatic rings. The van der Waals surface area contributed by atoms with Crippen molar-refractivity contribution in [3.8, 4) is 5.75 Å². The molecular formula is C15H17ClN2O3. The summed E-state index contributed by atoms with van der Waals surface area (Å²) in [5.74, 6) is 1.35. The predicted molar refractivity (Wildman–Crippen MR) is 80.8 cm³/mol. The summed E-state index contributed by atoms with van der Waals surface area (Å²) in [4.78, 5) is 12.2. The number of halogens is 1. The molecule has 1 N–H and O–H groups in total. The second-order valence-electron chi connectivity index (χ2n) is 4.74. The van der Waals surface area contributed by atoms with Crippen LogP contribution in [0.15, 0.2) is 28.8 Å². The number of ether oxygens (including phenoxy) is 1. The number of nitrogens with zero attached hydrogens (tertiary/aromatic N) is 1. The zero-order valence-corrected chi connectivity index (χ0v) is 12.9. The van der Waals surface area contributed by atoms with Gasteiger partial charge in [-0.3, -0.25) is 4.79 Å². The van der Waals surface area contributed by atoms with Gasteiger partial charge in [-0.2, -0.15) is 0 Å². The monoisotopic (exact) mass is 308 g/mol. The van der Waals surface area contributed by atoms with Crippen LogP contribution in [0.3, 0.4) is 0 Å². The Morgan fingerprint density at radius 1 is 1.43 bits per heavy atom. The van der Waals surface area contributed by atoms with Crippen molar-refractivity contribution in [3.63, 3.8) is 0 Å². The Hall–Kier alpha value is -2.01. The fraction of sp³-hybridized carbons (Fsp3) is 0.333. The molecule has 1 unspecified atom stereocenters. The summed E-state index contributed by atoms with van der Waals surface area (Å²) in [6.07, 6.45) is -0.0766. The average molecular weight is 309 g/mol. The van der Waals surface area contributed by atoms with Gasteiger partial charge in [0.1, 0.15) is 11.5 Å². The standard InChI is InChI=1S/C15H17ClN2O3/c1-4-13(15(19)17-14-8-10(3)21-18-14)20-11-5-6-12(16)9(2)7-11/h5-8,13H,4H2,1-3H3,(H,17,18,19). The number of carbonyl (C=O) groups excluding carboxylic acids is 1. The summed E-state index contributed by atoms with van der Waals surface area (Å²) >= 11 is 5.97. The lowest BCUT2D eigenvalue weighted by molar-refractivity contribution is -0.122. The summed E-state index contributed by atoms with van der Waals surface area (Å²) in [6, 6.07) is 6.94. The minimum absolute atomic E-state index is 0.265. The molecule has 0 saturated carbocycles. The molecular weight excluding hydrogens is 292 g/mol. The van der Waals surface area contributed by atoms with Crippen molar-refractivity contribution < 1.29 is 14.1 Å². The van der Waals surface area contributed by atoms with Crippen LogP contribution in [0.1, 0.15) is 24.7 Å². The lowest BCUT2D eigenvalue weighted by Crippen LogP contribution is -2.32. The van der Waals surface area contributed by atoms with Gasteiger partial charge in [0.25, 0.3) is 5.91 Å². The highest BCUT2D eigenvalue weighted by atomic mass is 35.5. The van der Waals surface area contributed by atoms with Gasteiger partial charge >= 0.3 is 0 Å². The van der Waals surface area contributed by atoms with E-state index in [1.54, 1.807) is 31.2 Å². The van der Waals surface area contributed by atoms with E-state index in [-0.39, 0.29) is 5.91 Å². The molecule has 0 radical (unpaired) electrons. The molecule has 0 bridgehead atoms. The molecule has 1 aromatic heterocycles. The van der Waals surface area contributed by atoms with Crippen LogP contribution in [-0.4, -0.2) is 17.2 Å². The maximum Gasteiger partial charge on any atom is 0.266 e. The van der Waals surface area contributed by atoms with Crippen molar-refractivity contribution in [2.75, 3.05) is 5.32 Å². The van der Waals surface area contributed by atoms with Crippen molar-refractivity contribution >= 4 is 23.3 Å². The van der Waals surface area contributed by atoms with Crippen LogP contribution in [0.2, 0.25) is 5.02 Å². The van der Waals surface area contributed by atoms with Gasteiger partial charge in [-0.25, -0.2) is 0 Å². The quantitative estimate of drug-likeness (QED) is 0.914. The highest BCUT2D eigenvalue weighted by Crippen LogP contribution is 2.22. The molecule has 21 heavy (non-hydrogen) atoms. The Labute approximate surface area is 128 Å². The van der Waals surface area contributed by atoms with Crippen molar-refractivity contribution in [1.29, 1.82) is 0 Å². The van der Waals surface area contributed by atoms with Gasteiger partial charge in [0.15, 0.2) is 11.9 Å². The summed E-state index contributed by atoms with van der Waals surface area (Å²) in [5.41, 5.74) is 0.900. The maximum absolute atomic E-state index is 12.2. The first kappa shape index (κ1) is 15.4. The minimum atomic E-state index is -0.609. The Balaban J connectivity index is 2.04. The Morgan fingerprint density at radius 2 is 2.19 bits per heavy atom. The summed E-state index contributed by atoms with van der Waals surface area (Å²) in [6.45, 7) is 5.52. The number of aromatic nitrogens is 1. The fourth-order valence-electron chi connectivity index (χ4n) is 1.81. The van der Waals surface area contributed by atoms with Crippen LogP contribution in [0.5, 0.6) is 5.75 Å². The van der Waals surface area contributed by atoms with E-state index < -0.39 is 6.10 Å². The normalized spacial score (nSPS) is 12.0. The molecule has 0 aliphatic carbocycles. The zero-order valence-electron chi connectivity index (χ0n) is 12.1. The van der Waals surface area contributed by atoms with Crippen molar-refractivity contribution in [1.82, 2.24) is 5.16 Å². The molecule has 1 aromatic carbocycles. The van der Waals surface area contributed by atoms with Crippen LogP contribution < -0.4 is 10.1 Å². The molecule has 1 heterocycles. The number of aryl methyl sites for hydroxylation is 2. The smallest absolute Gasteiger partial charge is 0.266 e. The number of nitrogens with one attached hydrogen (secondary N) is 1. The lowest BCUT2D eigenvalue weighted by Gasteiger charge is -2.17. The molecule has 0 aliphatic rings. The summed E-state index contributed by atoms with van der Waals surface area (Å²) in [5, 5.41) is 7.06. The lowest BCUT2D eigenvalue weighted by atomic mass is 10.2. The Kier molecular flexibility index (Phi) is 4.85. The first-order valence-electron chi connectivity index (χ1n) is 6.66. The Morgan fingerprint density at radius 3 is 2.76 bits per heavy atom. The largest absolute Gasteiger partial charge is 0.481 e. The molecule has 1 atom stereocenters. The van der Waals surface area contributed by atoms with Crippen molar-refractivity contribution in [3.05, 3.63) is 40.6 Å². The van der Waals surface area contributed by atoms with Gasteiger partial charge in [0.05, 0.1) is 0 Å². The van der Waals surface area contributed by atoms with Gasteiger partial charge in [-0.1, -0.05) is 23.7 Å². The van der Waals surface area contributed by atoms with E-state index in [1.165, 1.54) is 0 Å². The fourth-order valence-corrected chi connectivity index (χ4v) is 1.93. The third kappa shape index (κ3) is 3.98. The van der Waals surface area contributed by atoms with Crippen molar-refractivity contribution in [2.24, 2.45) is 0 Å². The Bertz CT molecular complexity index is 640. The summed E-state index contributed by atoms with van der Waals surface area (Å²) in [7, 11) is 0. The van der Waals surface area contributed by atoms with Crippen LogP contribution in [0, 0.1) is 13.8 Å². The van der Waals surface area contributed by atoms with Crippen LogP contribution in [0.25, 0.3) is 0 Å². The third-order valence-corrected chi connectivity index (χ3v) is 3.37. The molecule has 0 fully saturated rings. The molecule has 0 saturated heterocycles. The van der Waals surface area contributed by atoms with Gasteiger partial charge in [0.2, 0.25) is 0 Å². The van der Waals surface area contributed by atoms with Gasteiger partial charge in [0, 0.05) is 11.1 Å². The molecule has 5 nitrogen and oxygen atoms in total. The number of anilines is 1. The third-order valence-electron chi connectivity index (χ3n) is 2.95. The van der Waals surface area contributed by atoms with Crippen LogP contribution in [0.4, 0.5) is 5.82 Å².